The summed E-state index contributed by atoms with van der Waals surface area (Å²) in [7, 11) is 0. The summed E-state index contributed by atoms with van der Waals surface area (Å²) in [6.07, 6.45) is 0. The molecule has 0 saturated heterocycles. The van der Waals surface area contributed by atoms with Gasteiger partial charge in [-0.1, -0.05) is 29.8 Å². The van der Waals surface area contributed by atoms with Gasteiger partial charge >= 0.3 is 0 Å². The Labute approximate surface area is 161 Å². The van der Waals surface area contributed by atoms with E-state index in [4.69, 9.17) is 22.2 Å². The third-order valence-corrected chi connectivity index (χ3v) is 4.63. The number of nitrogens with two attached hydrogens (primary N) is 1. The molecule has 0 bridgehead atoms. The molecule has 2 aromatic carbocycles. The van der Waals surface area contributed by atoms with Crippen LogP contribution in [0.15, 0.2) is 48.5 Å². The third kappa shape index (κ3) is 3.41. The van der Waals surface area contributed by atoms with Crippen LogP contribution >= 0.6 is 11.6 Å². The van der Waals surface area contributed by atoms with Gasteiger partial charge in [-0.3, -0.25) is 19.6 Å². The number of benzene rings is 2. The Kier molecular flexibility index (Phi) is 4.95. The topological polar surface area (TPSA) is 86.4 Å². The lowest BCUT2D eigenvalue weighted by molar-refractivity contribution is 0.0491. The van der Waals surface area contributed by atoms with Gasteiger partial charge in [-0.05, 0) is 51.1 Å². The van der Waals surface area contributed by atoms with Gasteiger partial charge in [0, 0.05) is 16.1 Å². The molecule has 0 aliphatic heterocycles. The summed E-state index contributed by atoms with van der Waals surface area (Å²) in [5, 5.41) is 1.23. The molecule has 0 aliphatic carbocycles. The van der Waals surface area contributed by atoms with Gasteiger partial charge in [0.15, 0.2) is 5.60 Å². The zero-order chi connectivity index (χ0) is 19.8. The summed E-state index contributed by atoms with van der Waals surface area (Å²) < 4.78 is 7.41. The predicted octanol–water partition coefficient (Wildman–Crippen LogP) is 3.70. The lowest BCUT2D eigenvalue weighted by Crippen LogP contribution is -2.42. The molecule has 3 N–H and O–H groups in total. The van der Waals surface area contributed by atoms with Gasteiger partial charge in [-0.25, -0.2) is 5.84 Å². The number of hydrazine groups is 1. The maximum absolute atomic E-state index is 13.3. The van der Waals surface area contributed by atoms with Gasteiger partial charge in [-0.15, -0.1) is 0 Å². The van der Waals surface area contributed by atoms with E-state index in [0.29, 0.717) is 32.9 Å². The average molecular weight is 386 g/mol. The highest BCUT2D eigenvalue weighted by Crippen LogP contribution is 2.29. The molecule has 1 aromatic heterocycles. The molecule has 0 aliphatic rings. The van der Waals surface area contributed by atoms with E-state index >= 15 is 0 Å². The molecular weight excluding hydrogens is 366 g/mol. The minimum Gasteiger partial charge on any atom is -0.478 e. The molecule has 0 unspecified atom stereocenters. The molecule has 0 spiro atoms. The highest BCUT2D eigenvalue weighted by atomic mass is 35.5. The predicted molar refractivity (Wildman–Crippen MR) is 105 cm³/mol. The van der Waals surface area contributed by atoms with Crippen LogP contribution in [0.5, 0.6) is 5.75 Å². The standard InChI is InChI=1S/C20H20ClN3O3/c1-12-17(18(25)23-22)15-6-4-5-7-16(15)24(12)19(26)20(2,3)27-14-10-8-13(21)9-11-14/h4-11H,22H2,1-3H3,(H,23,25). The molecule has 1 amide bonds. The first-order valence-corrected chi connectivity index (χ1v) is 8.74. The molecule has 0 atom stereocenters. The van der Waals surface area contributed by atoms with Crippen LogP contribution in [-0.2, 0) is 0 Å². The molecule has 7 heteroatoms. The van der Waals surface area contributed by atoms with Gasteiger partial charge in [0.05, 0.1) is 11.1 Å². The van der Waals surface area contributed by atoms with Crippen LogP contribution in [0.4, 0.5) is 0 Å². The highest BCUT2D eigenvalue weighted by Gasteiger charge is 2.35. The van der Waals surface area contributed by atoms with Crippen molar-refractivity contribution >= 4 is 34.3 Å². The SMILES string of the molecule is Cc1c(C(=O)NN)c2ccccc2n1C(=O)C(C)(C)Oc1ccc(Cl)cc1. The number of nitrogens with zero attached hydrogens (tertiary/aromatic N) is 1. The molecule has 3 rings (SSSR count). The Balaban J connectivity index is 2.08. The normalized spacial score (nSPS) is 11.4. The van der Waals surface area contributed by atoms with Crippen LogP contribution < -0.4 is 16.0 Å². The molecule has 27 heavy (non-hydrogen) atoms. The van der Waals surface area contributed by atoms with Gasteiger partial charge < -0.3 is 4.74 Å². The van der Waals surface area contributed by atoms with Gasteiger partial charge in [0.25, 0.3) is 11.8 Å². The number of aromatic nitrogens is 1. The van der Waals surface area contributed by atoms with E-state index in [0.717, 1.165) is 0 Å². The van der Waals surface area contributed by atoms with Crippen LogP contribution in [-0.4, -0.2) is 22.0 Å². The number of hydrogen-bond acceptors (Lipinski definition) is 4. The van der Waals surface area contributed by atoms with Crippen LogP contribution in [0.2, 0.25) is 5.02 Å². The number of carbonyl (C=O) groups excluding carboxylic acids is 2. The Hall–Kier alpha value is -2.83. The van der Waals surface area contributed by atoms with E-state index < -0.39 is 11.5 Å². The lowest BCUT2D eigenvalue weighted by Gasteiger charge is -2.26. The molecule has 0 fully saturated rings. The Bertz CT molecular complexity index is 1020. The maximum Gasteiger partial charge on any atom is 0.274 e. The maximum atomic E-state index is 13.3. The number of nitrogens with one attached hydrogen (secondary N) is 1. The summed E-state index contributed by atoms with van der Waals surface area (Å²) >= 11 is 5.90. The van der Waals surface area contributed by atoms with Crippen molar-refractivity contribution in [1.29, 1.82) is 0 Å². The number of amides is 1. The summed E-state index contributed by atoms with van der Waals surface area (Å²) in [6.45, 7) is 5.07. The molecule has 6 nitrogen and oxygen atoms in total. The molecule has 140 valence electrons. The molecule has 0 radical (unpaired) electrons. The van der Waals surface area contributed by atoms with Crippen molar-refractivity contribution < 1.29 is 14.3 Å². The number of rotatable bonds is 4. The van der Waals surface area contributed by atoms with E-state index in [1.165, 1.54) is 4.57 Å². The van der Waals surface area contributed by atoms with Crippen molar-refractivity contribution in [3.05, 3.63) is 64.8 Å². The smallest absolute Gasteiger partial charge is 0.274 e. The first-order chi connectivity index (χ1) is 12.8. The van der Waals surface area contributed by atoms with Gasteiger partial charge in [0.1, 0.15) is 5.75 Å². The monoisotopic (exact) mass is 385 g/mol. The lowest BCUT2D eigenvalue weighted by atomic mass is 10.1. The van der Waals surface area contributed by atoms with Crippen molar-refractivity contribution in [3.8, 4) is 5.75 Å². The fourth-order valence-corrected chi connectivity index (χ4v) is 3.22. The number of para-hydroxylation sites is 1. The second-order valence-electron chi connectivity index (χ2n) is 6.66. The minimum absolute atomic E-state index is 0.303. The van der Waals surface area contributed by atoms with Crippen LogP contribution in [0.1, 0.15) is 34.7 Å². The van der Waals surface area contributed by atoms with Crippen molar-refractivity contribution in [1.82, 2.24) is 9.99 Å². The van der Waals surface area contributed by atoms with Crippen molar-refractivity contribution in [2.75, 3.05) is 0 Å². The zero-order valence-corrected chi connectivity index (χ0v) is 16.0. The van der Waals surface area contributed by atoms with E-state index in [2.05, 4.69) is 5.43 Å². The number of ether oxygens (including phenoxy) is 1. The number of fused-ring (bicyclic) bond motifs is 1. The van der Waals surface area contributed by atoms with Crippen LogP contribution in [0.25, 0.3) is 10.9 Å². The number of carbonyl (C=O) groups is 2. The van der Waals surface area contributed by atoms with Crippen molar-refractivity contribution in [2.45, 2.75) is 26.4 Å². The highest BCUT2D eigenvalue weighted by molar-refractivity contribution is 6.30. The van der Waals surface area contributed by atoms with Gasteiger partial charge in [-0.2, -0.15) is 0 Å². The number of halogens is 1. The van der Waals surface area contributed by atoms with E-state index in [1.54, 1.807) is 63.2 Å². The first-order valence-electron chi connectivity index (χ1n) is 8.36. The average Bonchev–Trinajstić information content (AvgIpc) is 2.94. The second-order valence-corrected chi connectivity index (χ2v) is 7.09. The minimum atomic E-state index is -1.18. The third-order valence-electron chi connectivity index (χ3n) is 4.37. The largest absolute Gasteiger partial charge is 0.478 e. The fourth-order valence-electron chi connectivity index (χ4n) is 3.10. The van der Waals surface area contributed by atoms with E-state index in [1.807, 2.05) is 6.07 Å². The number of nitrogen functional groups attached to an aromatic ring is 1. The second kappa shape index (κ2) is 7.06. The molecule has 3 aromatic rings. The summed E-state index contributed by atoms with van der Waals surface area (Å²) in [5.74, 6) is 5.08. The molecular formula is C20H20ClN3O3. The van der Waals surface area contributed by atoms with E-state index in [9.17, 15) is 9.59 Å². The quantitative estimate of drug-likeness (QED) is 0.407. The first kappa shape index (κ1) is 18.9. The fraction of sp³-hybridized carbons (Fsp3) is 0.200. The van der Waals surface area contributed by atoms with Crippen LogP contribution in [0, 0.1) is 6.92 Å². The van der Waals surface area contributed by atoms with Crippen molar-refractivity contribution in [2.24, 2.45) is 5.84 Å². The number of hydrogen-bond donors (Lipinski definition) is 2. The Morgan fingerprint density at radius 2 is 1.74 bits per heavy atom. The molecule has 0 saturated carbocycles. The Morgan fingerprint density at radius 1 is 1.11 bits per heavy atom. The Morgan fingerprint density at radius 3 is 2.37 bits per heavy atom. The van der Waals surface area contributed by atoms with Gasteiger partial charge in [0.2, 0.25) is 0 Å². The zero-order valence-electron chi connectivity index (χ0n) is 15.2. The summed E-state index contributed by atoms with van der Waals surface area (Å²) in [6, 6.07) is 14.0. The summed E-state index contributed by atoms with van der Waals surface area (Å²) in [5.41, 5.74) is 2.44. The summed E-state index contributed by atoms with van der Waals surface area (Å²) in [4.78, 5) is 25.6. The van der Waals surface area contributed by atoms with Crippen molar-refractivity contribution in [3.63, 3.8) is 0 Å². The van der Waals surface area contributed by atoms with Crippen LogP contribution in [0.3, 0.4) is 0 Å². The molecule has 1 heterocycles. The van der Waals surface area contributed by atoms with E-state index in [-0.39, 0.29) is 5.91 Å².